The first-order chi connectivity index (χ1) is 20.0. The van der Waals surface area contributed by atoms with Crippen LogP contribution in [-0.4, -0.2) is 43.8 Å². The number of carbonyl (C=O) groups is 2. The first-order valence-electron chi connectivity index (χ1n) is 13.8. The fourth-order valence-corrected chi connectivity index (χ4v) is 7.04. The molecule has 1 saturated carbocycles. The summed E-state index contributed by atoms with van der Waals surface area (Å²) in [5.74, 6) is -0.906. The summed E-state index contributed by atoms with van der Waals surface area (Å²) in [5.41, 5.74) is 1.70. The predicted octanol–water partition coefficient (Wildman–Crippen LogP) is 7.02. The normalized spacial score (nSPS) is 14.7. The lowest BCUT2D eigenvalue weighted by atomic mass is 9.95. The number of aryl methyl sites for hydroxylation is 1. The van der Waals surface area contributed by atoms with Gasteiger partial charge in [0.05, 0.1) is 10.6 Å². The molecule has 4 rings (SSSR count). The number of nitrogens with zero attached hydrogens (tertiary/aromatic N) is 2. The molecule has 0 spiro atoms. The third-order valence-electron chi connectivity index (χ3n) is 7.51. The summed E-state index contributed by atoms with van der Waals surface area (Å²) in [5, 5.41) is 4.14. The second-order valence-corrected chi connectivity index (χ2v) is 13.7. The average Bonchev–Trinajstić information content (AvgIpc) is 2.96. The van der Waals surface area contributed by atoms with Crippen LogP contribution in [0.4, 0.5) is 5.69 Å². The third-order valence-corrected chi connectivity index (χ3v) is 10.3. The second-order valence-electron chi connectivity index (χ2n) is 10.5. The molecule has 224 valence electrons. The van der Waals surface area contributed by atoms with Crippen LogP contribution in [0.1, 0.15) is 50.2 Å². The monoisotopic (exact) mass is 649 g/mol. The largest absolute Gasteiger partial charge is 0.352 e. The van der Waals surface area contributed by atoms with E-state index in [0.29, 0.717) is 26.3 Å². The summed E-state index contributed by atoms with van der Waals surface area (Å²) >= 11 is 18.9. The lowest BCUT2D eigenvalue weighted by molar-refractivity contribution is -0.139. The SMILES string of the molecule is Cc1ccc(N(CC(=O)N(Cc2c(Cl)cccc2Cl)[C@@H](C)C(=O)NC2CCCCC2)S(=O)(=O)c2ccc(Cl)cc2)cc1. The maximum absolute atomic E-state index is 14.1. The summed E-state index contributed by atoms with van der Waals surface area (Å²) < 4.78 is 28.9. The summed E-state index contributed by atoms with van der Waals surface area (Å²) in [6, 6.07) is 16.7. The van der Waals surface area contributed by atoms with Gasteiger partial charge < -0.3 is 10.2 Å². The molecule has 0 saturated heterocycles. The molecular weight excluding hydrogens is 617 g/mol. The minimum Gasteiger partial charge on any atom is -0.352 e. The van der Waals surface area contributed by atoms with Crippen molar-refractivity contribution in [1.29, 1.82) is 0 Å². The van der Waals surface area contributed by atoms with Crippen molar-refractivity contribution in [3.63, 3.8) is 0 Å². The Morgan fingerprint density at radius 1 is 0.905 bits per heavy atom. The maximum atomic E-state index is 14.1. The van der Waals surface area contributed by atoms with Crippen molar-refractivity contribution in [3.8, 4) is 0 Å². The number of nitrogens with one attached hydrogen (secondary N) is 1. The zero-order valence-corrected chi connectivity index (χ0v) is 26.6. The molecule has 0 unspecified atom stereocenters. The molecule has 7 nitrogen and oxygen atoms in total. The van der Waals surface area contributed by atoms with E-state index in [-0.39, 0.29) is 23.4 Å². The van der Waals surface area contributed by atoms with E-state index in [4.69, 9.17) is 34.8 Å². The van der Waals surface area contributed by atoms with Crippen LogP contribution in [0.25, 0.3) is 0 Å². The van der Waals surface area contributed by atoms with E-state index < -0.39 is 28.5 Å². The van der Waals surface area contributed by atoms with Crippen molar-refractivity contribution in [2.24, 2.45) is 0 Å². The minimum atomic E-state index is -4.20. The zero-order valence-electron chi connectivity index (χ0n) is 23.5. The Morgan fingerprint density at radius 2 is 1.50 bits per heavy atom. The van der Waals surface area contributed by atoms with Crippen LogP contribution in [0, 0.1) is 6.92 Å². The number of sulfonamides is 1. The van der Waals surface area contributed by atoms with Crippen LogP contribution in [0.15, 0.2) is 71.6 Å². The van der Waals surface area contributed by atoms with E-state index in [0.717, 1.165) is 42.0 Å². The topological polar surface area (TPSA) is 86.8 Å². The van der Waals surface area contributed by atoms with Crippen LogP contribution in [0.3, 0.4) is 0 Å². The van der Waals surface area contributed by atoms with Crippen molar-refractivity contribution < 1.29 is 18.0 Å². The van der Waals surface area contributed by atoms with E-state index in [1.807, 2.05) is 6.92 Å². The van der Waals surface area contributed by atoms with Crippen LogP contribution in [0.5, 0.6) is 0 Å². The molecule has 0 aromatic heterocycles. The molecule has 1 fully saturated rings. The Labute approximate surface area is 262 Å². The smallest absolute Gasteiger partial charge is 0.264 e. The molecule has 0 heterocycles. The highest BCUT2D eigenvalue weighted by molar-refractivity contribution is 7.92. The van der Waals surface area contributed by atoms with Crippen molar-refractivity contribution in [2.75, 3.05) is 10.8 Å². The van der Waals surface area contributed by atoms with Crippen molar-refractivity contribution in [2.45, 2.75) is 69.5 Å². The molecule has 1 N–H and O–H groups in total. The van der Waals surface area contributed by atoms with Gasteiger partial charge in [0.25, 0.3) is 10.0 Å². The quantitative estimate of drug-likeness (QED) is 0.256. The van der Waals surface area contributed by atoms with Crippen molar-refractivity contribution in [1.82, 2.24) is 10.2 Å². The van der Waals surface area contributed by atoms with Gasteiger partial charge in [0, 0.05) is 33.2 Å². The van der Waals surface area contributed by atoms with E-state index >= 15 is 0 Å². The third kappa shape index (κ3) is 7.78. The van der Waals surface area contributed by atoms with Gasteiger partial charge in [-0.25, -0.2) is 8.42 Å². The summed E-state index contributed by atoms with van der Waals surface area (Å²) in [4.78, 5) is 28.9. The molecule has 0 aliphatic heterocycles. The van der Waals surface area contributed by atoms with Gasteiger partial charge in [0.1, 0.15) is 12.6 Å². The van der Waals surface area contributed by atoms with Gasteiger partial charge in [-0.05, 0) is 75.2 Å². The highest BCUT2D eigenvalue weighted by Crippen LogP contribution is 2.29. The van der Waals surface area contributed by atoms with Gasteiger partial charge in [-0.1, -0.05) is 77.8 Å². The van der Waals surface area contributed by atoms with Crippen molar-refractivity contribution >= 4 is 62.3 Å². The number of anilines is 1. The number of carbonyl (C=O) groups excluding carboxylic acids is 2. The van der Waals surface area contributed by atoms with E-state index in [9.17, 15) is 18.0 Å². The lowest BCUT2D eigenvalue weighted by Crippen LogP contribution is -2.53. The lowest BCUT2D eigenvalue weighted by Gasteiger charge is -2.33. The van der Waals surface area contributed by atoms with Gasteiger partial charge in [0.2, 0.25) is 11.8 Å². The zero-order chi connectivity index (χ0) is 30.4. The summed E-state index contributed by atoms with van der Waals surface area (Å²) in [7, 11) is -4.20. The number of hydrogen-bond acceptors (Lipinski definition) is 4. The van der Waals surface area contributed by atoms with Crippen molar-refractivity contribution in [3.05, 3.63) is 92.9 Å². The first kappa shape index (κ1) is 32.1. The average molecular weight is 651 g/mol. The van der Waals surface area contributed by atoms with E-state index in [2.05, 4.69) is 5.32 Å². The number of hydrogen-bond donors (Lipinski definition) is 1. The molecule has 0 bridgehead atoms. The molecule has 42 heavy (non-hydrogen) atoms. The summed E-state index contributed by atoms with van der Waals surface area (Å²) in [6.07, 6.45) is 4.96. The van der Waals surface area contributed by atoms with Gasteiger partial charge in [0.15, 0.2) is 0 Å². The van der Waals surface area contributed by atoms with Crippen LogP contribution >= 0.6 is 34.8 Å². The van der Waals surface area contributed by atoms with Gasteiger partial charge >= 0.3 is 0 Å². The standard InChI is InChI=1S/C31H34Cl3N3O4S/c1-21-11-15-25(16-12-21)37(42(40,41)26-17-13-23(32)14-18-26)20-30(38)36(19-27-28(33)9-6-10-29(27)34)22(2)31(39)35-24-7-4-3-5-8-24/h6,9-18,22,24H,3-5,7-8,19-20H2,1-2H3,(H,35,39)/t22-/m0/s1. The fraction of sp³-hybridized carbons (Fsp3) is 0.355. The maximum Gasteiger partial charge on any atom is 0.264 e. The summed E-state index contributed by atoms with van der Waals surface area (Å²) in [6.45, 7) is 2.87. The Balaban J connectivity index is 1.70. The highest BCUT2D eigenvalue weighted by Gasteiger charge is 2.33. The molecule has 0 radical (unpaired) electrons. The van der Waals surface area contributed by atoms with Gasteiger partial charge in [-0.15, -0.1) is 0 Å². The molecule has 3 aromatic rings. The van der Waals surface area contributed by atoms with Crippen LogP contribution in [0.2, 0.25) is 15.1 Å². The Bertz CT molecular complexity index is 1490. The Kier molecular flexibility index (Phi) is 10.8. The number of benzene rings is 3. The van der Waals surface area contributed by atoms with Crippen LogP contribution in [-0.2, 0) is 26.2 Å². The molecule has 11 heteroatoms. The highest BCUT2D eigenvalue weighted by atomic mass is 35.5. The number of rotatable bonds is 10. The predicted molar refractivity (Wildman–Crippen MR) is 169 cm³/mol. The second kappa shape index (κ2) is 14.1. The molecule has 1 aliphatic carbocycles. The molecular formula is C31H34Cl3N3O4S. The Morgan fingerprint density at radius 3 is 2.10 bits per heavy atom. The number of halogens is 3. The molecule has 2 amide bonds. The Hall–Kier alpha value is -2.78. The van der Waals surface area contributed by atoms with E-state index in [1.165, 1.54) is 29.2 Å². The van der Waals surface area contributed by atoms with E-state index in [1.54, 1.807) is 49.4 Å². The first-order valence-corrected chi connectivity index (χ1v) is 16.4. The van der Waals surface area contributed by atoms with Gasteiger partial charge in [-0.3, -0.25) is 13.9 Å². The molecule has 3 aromatic carbocycles. The van der Waals surface area contributed by atoms with Gasteiger partial charge in [-0.2, -0.15) is 0 Å². The minimum absolute atomic E-state index is 0.0240. The number of amides is 2. The van der Waals surface area contributed by atoms with Crippen LogP contribution < -0.4 is 9.62 Å². The fourth-order valence-electron chi connectivity index (χ4n) is 4.98. The molecule has 1 aliphatic rings. The molecule has 1 atom stereocenters.